The van der Waals surface area contributed by atoms with Gasteiger partial charge < -0.3 is 9.80 Å². The van der Waals surface area contributed by atoms with Gasteiger partial charge in [0, 0.05) is 26.2 Å². The van der Waals surface area contributed by atoms with Gasteiger partial charge in [-0.05, 0) is 38.9 Å². The van der Waals surface area contributed by atoms with Crippen molar-refractivity contribution < 1.29 is 4.79 Å². The Bertz CT molecular complexity index is 1160. The standard InChI is InChI=1S/C23H22N6O/c30-22(17-19-9-6-8-18-7-4-5-12-21(18)19)27-13-15-28(16-14-27)23-24-25-26-29(23)20-10-2-1-3-11-20/h1-12H,13-17H2. The minimum atomic E-state index is 0.161. The third-order valence-corrected chi connectivity index (χ3v) is 5.59. The second-order valence-corrected chi connectivity index (χ2v) is 7.41. The molecule has 0 atom stereocenters. The second-order valence-electron chi connectivity index (χ2n) is 7.41. The highest BCUT2D eigenvalue weighted by molar-refractivity contribution is 5.90. The fourth-order valence-electron chi connectivity index (χ4n) is 3.99. The average Bonchev–Trinajstić information content (AvgIpc) is 3.30. The molecule has 1 amide bonds. The van der Waals surface area contributed by atoms with E-state index in [2.05, 4.69) is 38.6 Å². The number of carbonyl (C=O) groups excluding carboxylic acids is 1. The number of piperazine rings is 1. The van der Waals surface area contributed by atoms with Crippen molar-refractivity contribution >= 4 is 22.6 Å². The molecule has 5 rings (SSSR count). The first-order chi connectivity index (χ1) is 14.8. The van der Waals surface area contributed by atoms with Crippen molar-refractivity contribution in [3.8, 4) is 5.69 Å². The van der Waals surface area contributed by atoms with Gasteiger partial charge in [-0.15, -0.1) is 0 Å². The predicted octanol–water partition coefficient (Wildman–Crippen LogP) is 2.71. The first-order valence-electron chi connectivity index (χ1n) is 10.1. The van der Waals surface area contributed by atoms with Crippen LogP contribution in [0.2, 0.25) is 0 Å². The molecule has 30 heavy (non-hydrogen) atoms. The van der Waals surface area contributed by atoms with E-state index < -0.39 is 0 Å². The first-order valence-corrected chi connectivity index (χ1v) is 10.1. The van der Waals surface area contributed by atoms with Crippen molar-refractivity contribution in [3.63, 3.8) is 0 Å². The zero-order chi connectivity index (χ0) is 20.3. The van der Waals surface area contributed by atoms with Crippen LogP contribution in [0.3, 0.4) is 0 Å². The summed E-state index contributed by atoms with van der Waals surface area (Å²) in [5.74, 6) is 0.871. The number of hydrogen-bond acceptors (Lipinski definition) is 5. The predicted molar refractivity (Wildman–Crippen MR) is 116 cm³/mol. The number of fused-ring (bicyclic) bond motifs is 1. The molecule has 1 saturated heterocycles. The minimum absolute atomic E-state index is 0.161. The zero-order valence-corrected chi connectivity index (χ0v) is 16.6. The van der Waals surface area contributed by atoms with Crippen LogP contribution in [-0.4, -0.2) is 57.2 Å². The van der Waals surface area contributed by atoms with Crippen LogP contribution < -0.4 is 4.90 Å². The van der Waals surface area contributed by atoms with Crippen molar-refractivity contribution in [3.05, 3.63) is 78.4 Å². The number of tetrazole rings is 1. The smallest absolute Gasteiger partial charge is 0.250 e. The molecule has 0 saturated carbocycles. The Morgan fingerprint density at radius 3 is 2.40 bits per heavy atom. The lowest BCUT2D eigenvalue weighted by Gasteiger charge is -2.35. The highest BCUT2D eigenvalue weighted by atomic mass is 16.2. The lowest BCUT2D eigenvalue weighted by atomic mass is 10.0. The molecule has 1 aliphatic heterocycles. The van der Waals surface area contributed by atoms with Gasteiger partial charge >= 0.3 is 0 Å². The molecule has 1 aliphatic rings. The molecular weight excluding hydrogens is 376 g/mol. The van der Waals surface area contributed by atoms with Crippen LogP contribution in [0.1, 0.15) is 5.56 Å². The number of amides is 1. The van der Waals surface area contributed by atoms with Gasteiger partial charge in [0.2, 0.25) is 11.9 Å². The van der Waals surface area contributed by atoms with Crippen molar-refractivity contribution in [2.24, 2.45) is 0 Å². The van der Waals surface area contributed by atoms with E-state index in [4.69, 9.17) is 0 Å². The van der Waals surface area contributed by atoms with Crippen LogP contribution in [0.4, 0.5) is 5.95 Å². The lowest BCUT2D eigenvalue weighted by Crippen LogP contribution is -2.50. The lowest BCUT2D eigenvalue weighted by molar-refractivity contribution is -0.130. The molecule has 1 fully saturated rings. The quantitative estimate of drug-likeness (QED) is 0.529. The summed E-state index contributed by atoms with van der Waals surface area (Å²) in [6.45, 7) is 2.72. The molecule has 0 bridgehead atoms. The van der Waals surface area contributed by atoms with Crippen LogP contribution in [0.15, 0.2) is 72.8 Å². The largest absolute Gasteiger partial charge is 0.339 e. The summed E-state index contributed by atoms with van der Waals surface area (Å²) in [6.07, 6.45) is 0.420. The van der Waals surface area contributed by atoms with E-state index in [0.717, 1.165) is 16.6 Å². The summed E-state index contributed by atoms with van der Waals surface area (Å²) < 4.78 is 1.74. The maximum Gasteiger partial charge on any atom is 0.250 e. The van der Waals surface area contributed by atoms with Gasteiger partial charge in [-0.25, -0.2) is 0 Å². The molecule has 0 N–H and O–H groups in total. The number of nitrogens with zero attached hydrogens (tertiary/aromatic N) is 6. The van der Waals surface area contributed by atoms with E-state index in [1.54, 1.807) is 4.68 Å². The first kappa shape index (κ1) is 18.3. The maximum atomic E-state index is 13.0. The van der Waals surface area contributed by atoms with Gasteiger partial charge in [0.15, 0.2) is 0 Å². The fourth-order valence-corrected chi connectivity index (χ4v) is 3.99. The Balaban J connectivity index is 1.27. The molecule has 7 heteroatoms. The number of para-hydroxylation sites is 1. The molecule has 4 aromatic rings. The molecule has 0 spiro atoms. The van der Waals surface area contributed by atoms with Crippen molar-refractivity contribution in [1.29, 1.82) is 0 Å². The number of anilines is 1. The van der Waals surface area contributed by atoms with E-state index in [0.29, 0.717) is 38.5 Å². The molecule has 150 valence electrons. The van der Waals surface area contributed by atoms with Crippen molar-refractivity contribution in [2.45, 2.75) is 6.42 Å². The Morgan fingerprint density at radius 1 is 0.833 bits per heavy atom. The third kappa shape index (κ3) is 3.50. The van der Waals surface area contributed by atoms with Crippen LogP contribution in [0.5, 0.6) is 0 Å². The summed E-state index contributed by atoms with van der Waals surface area (Å²) in [4.78, 5) is 17.0. The normalized spacial score (nSPS) is 14.3. The number of carbonyl (C=O) groups is 1. The topological polar surface area (TPSA) is 67.2 Å². The third-order valence-electron chi connectivity index (χ3n) is 5.59. The number of hydrogen-bond donors (Lipinski definition) is 0. The van der Waals surface area contributed by atoms with Gasteiger partial charge in [0.1, 0.15) is 0 Å². The molecule has 3 aromatic carbocycles. The van der Waals surface area contributed by atoms with Gasteiger partial charge in [-0.3, -0.25) is 4.79 Å². The molecule has 1 aromatic heterocycles. The fraction of sp³-hybridized carbons (Fsp3) is 0.217. The monoisotopic (exact) mass is 398 g/mol. The highest BCUT2D eigenvalue weighted by Crippen LogP contribution is 2.21. The SMILES string of the molecule is O=C(Cc1cccc2ccccc12)N1CCN(c2nnnn2-c2ccccc2)CC1. The molecule has 0 radical (unpaired) electrons. The number of benzene rings is 3. The van der Waals surface area contributed by atoms with Crippen molar-refractivity contribution in [2.75, 3.05) is 31.1 Å². The van der Waals surface area contributed by atoms with Gasteiger partial charge in [0.25, 0.3) is 0 Å². The Hall–Kier alpha value is -3.74. The van der Waals surface area contributed by atoms with Crippen LogP contribution in [0, 0.1) is 0 Å². The van der Waals surface area contributed by atoms with Crippen molar-refractivity contribution in [1.82, 2.24) is 25.1 Å². The summed E-state index contributed by atoms with van der Waals surface area (Å²) in [6, 6.07) is 24.2. The zero-order valence-electron chi connectivity index (χ0n) is 16.6. The van der Waals surface area contributed by atoms with E-state index in [-0.39, 0.29) is 5.91 Å². The van der Waals surface area contributed by atoms with Gasteiger partial charge in [-0.1, -0.05) is 65.8 Å². The molecule has 0 aliphatic carbocycles. The van der Waals surface area contributed by atoms with E-state index in [9.17, 15) is 4.79 Å². The molecule has 0 unspecified atom stereocenters. The van der Waals surface area contributed by atoms with Crippen LogP contribution >= 0.6 is 0 Å². The Morgan fingerprint density at radius 2 is 1.57 bits per heavy atom. The van der Waals surface area contributed by atoms with Gasteiger partial charge in [0.05, 0.1) is 12.1 Å². The van der Waals surface area contributed by atoms with Gasteiger partial charge in [-0.2, -0.15) is 4.68 Å². The highest BCUT2D eigenvalue weighted by Gasteiger charge is 2.25. The van der Waals surface area contributed by atoms with Crippen LogP contribution in [-0.2, 0) is 11.2 Å². The Labute approximate surface area is 174 Å². The summed E-state index contributed by atoms with van der Waals surface area (Å²) >= 11 is 0. The van der Waals surface area contributed by atoms with E-state index in [1.807, 2.05) is 59.5 Å². The second kappa shape index (κ2) is 7.94. The average molecular weight is 398 g/mol. The molecule has 7 nitrogen and oxygen atoms in total. The van der Waals surface area contributed by atoms with E-state index >= 15 is 0 Å². The number of aromatic nitrogens is 4. The maximum absolute atomic E-state index is 13.0. The molecular formula is C23H22N6O. The van der Waals surface area contributed by atoms with E-state index in [1.165, 1.54) is 5.39 Å². The summed E-state index contributed by atoms with van der Waals surface area (Å²) in [5, 5.41) is 14.5. The van der Waals surface area contributed by atoms with Crippen LogP contribution in [0.25, 0.3) is 16.5 Å². The summed E-state index contributed by atoms with van der Waals surface area (Å²) in [7, 11) is 0. The minimum Gasteiger partial charge on any atom is -0.339 e. The molecule has 2 heterocycles. The summed E-state index contributed by atoms with van der Waals surface area (Å²) in [5.41, 5.74) is 2.00. The number of rotatable bonds is 4. The Kier molecular flexibility index (Phi) is 4.85.